The van der Waals surface area contributed by atoms with Crippen LogP contribution in [-0.4, -0.2) is 40.1 Å². The highest BCUT2D eigenvalue weighted by Gasteiger charge is 2.26. The number of hydrogen-bond donors (Lipinski definition) is 1. The summed E-state index contributed by atoms with van der Waals surface area (Å²) in [7, 11) is 1.66. The summed E-state index contributed by atoms with van der Waals surface area (Å²) in [4.78, 5) is 25.4. The minimum Gasteiger partial charge on any atom is -0.497 e. The number of carbonyl (C=O) groups excluding carboxylic acids is 1. The molecule has 0 unspecified atom stereocenters. The molecule has 3 aromatic rings. The fourth-order valence-corrected chi connectivity index (χ4v) is 4.41. The van der Waals surface area contributed by atoms with E-state index in [0.29, 0.717) is 32.4 Å². The van der Waals surface area contributed by atoms with Gasteiger partial charge in [-0.2, -0.15) is 0 Å². The average molecular weight is 421 g/mol. The van der Waals surface area contributed by atoms with Crippen LogP contribution in [0.2, 0.25) is 0 Å². The second-order valence-corrected chi connectivity index (χ2v) is 8.04. The number of fused-ring (bicyclic) bond motifs is 3. The van der Waals surface area contributed by atoms with Gasteiger partial charge in [0.05, 0.1) is 13.7 Å². The van der Waals surface area contributed by atoms with E-state index >= 15 is 0 Å². The summed E-state index contributed by atoms with van der Waals surface area (Å²) >= 11 is 0. The molecule has 0 bridgehead atoms. The number of aromatic nitrogens is 1. The van der Waals surface area contributed by atoms with Gasteiger partial charge in [0.25, 0.3) is 0 Å². The summed E-state index contributed by atoms with van der Waals surface area (Å²) < 4.78 is 7.61. The second kappa shape index (κ2) is 9.25. The molecule has 0 radical (unpaired) electrons. The molecule has 6 nitrogen and oxygen atoms in total. The second-order valence-electron chi connectivity index (χ2n) is 8.04. The van der Waals surface area contributed by atoms with E-state index in [-0.39, 0.29) is 12.3 Å². The van der Waals surface area contributed by atoms with Crippen molar-refractivity contribution in [2.45, 2.75) is 45.2 Å². The molecule has 0 fully saturated rings. The summed E-state index contributed by atoms with van der Waals surface area (Å²) in [6, 6.07) is 16.5. The Hall–Kier alpha value is -3.28. The lowest BCUT2D eigenvalue weighted by molar-refractivity contribution is -0.137. The number of carbonyl (C=O) groups is 2. The number of ether oxygens (including phenoxy) is 1. The van der Waals surface area contributed by atoms with Crippen LogP contribution < -0.4 is 4.74 Å². The Morgan fingerprint density at radius 3 is 2.52 bits per heavy atom. The number of methoxy groups -OCH3 is 1. The van der Waals surface area contributed by atoms with Gasteiger partial charge in [-0.1, -0.05) is 30.3 Å². The van der Waals surface area contributed by atoms with Crippen molar-refractivity contribution in [1.82, 2.24) is 9.47 Å². The minimum atomic E-state index is -0.807. The van der Waals surface area contributed by atoms with Gasteiger partial charge in [0.15, 0.2) is 0 Å². The third-order valence-electron chi connectivity index (χ3n) is 6.05. The lowest BCUT2D eigenvalue weighted by atomic mass is 10.0. The highest BCUT2D eigenvalue weighted by Crippen LogP contribution is 2.32. The molecule has 0 aliphatic carbocycles. The van der Waals surface area contributed by atoms with Gasteiger partial charge in [-0.25, -0.2) is 0 Å². The highest BCUT2D eigenvalue weighted by atomic mass is 16.5. The molecule has 2 heterocycles. The van der Waals surface area contributed by atoms with Crippen LogP contribution in [0.25, 0.3) is 10.9 Å². The van der Waals surface area contributed by atoms with Crippen LogP contribution in [0.3, 0.4) is 0 Å². The van der Waals surface area contributed by atoms with Crippen molar-refractivity contribution in [2.75, 3.05) is 13.7 Å². The van der Waals surface area contributed by atoms with Crippen LogP contribution >= 0.6 is 0 Å². The molecule has 0 atom stereocenters. The number of aliphatic carboxylic acids is 1. The zero-order valence-corrected chi connectivity index (χ0v) is 17.8. The molecule has 31 heavy (non-hydrogen) atoms. The Labute approximate surface area is 182 Å². The first-order valence-corrected chi connectivity index (χ1v) is 10.8. The van der Waals surface area contributed by atoms with Gasteiger partial charge in [-0.05, 0) is 48.6 Å². The Balaban J connectivity index is 1.56. The first-order chi connectivity index (χ1) is 15.1. The molecular formula is C25H28N2O4. The molecule has 1 N–H and O–H groups in total. The van der Waals surface area contributed by atoms with Crippen molar-refractivity contribution in [2.24, 2.45) is 0 Å². The third-order valence-corrected chi connectivity index (χ3v) is 6.05. The Morgan fingerprint density at radius 2 is 1.77 bits per heavy atom. The lowest BCUT2D eigenvalue weighted by Gasteiger charge is -2.29. The Kier molecular flexibility index (Phi) is 6.26. The maximum atomic E-state index is 12.8. The molecule has 162 valence electrons. The van der Waals surface area contributed by atoms with Crippen molar-refractivity contribution < 1.29 is 19.4 Å². The largest absolute Gasteiger partial charge is 0.497 e. The highest BCUT2D eigenvalue weighted by molar-refractivity contribution is 5.86. The van der Waals surface area contributed by atoms with Gasteiger partial charge in [0.1, 0.15) is 5.75 Å². The number of para-hydroxylation sites is 1. The maximum absolute atomic E-state index is 12.8. The van der Waals surface area contributed by atoms with E-state index in [1.165, 1.54) is 27.7 Å². The van der Waals surface area contributed by atoms with E-state index in [0.717, 1.165) is 18.7 Å². The summed E-state index contributed by atoms with van der Waals surface area (Å²) in [5.74, 6) is 0.137. The van der Waals surface area contributed by atoms with E-state index in [4.69, 9.17) is 9.84 Å². The first-order valence-electron chi connectivity index (χ1n) is 10.8. The number of amides is 1. The molecule has 2 aromatic carbocycles. The van der Waals surface area contributed by atoms with Crippen molar-refractivity contribution in [3.05, 3.63) is 65.4 Å². The monoisotopic (exact) mass is 420 g/mol. The zero-order valence-electron chi connectivity index (χ0n) is 17.8. The van der Waals surface area contributed by atoms with E-state index in [1.807, 2.05) is 17.0 Å². The summed E-state index contributed by atoms with van der Waals surface area (Å²) in [6.45, 7) is 2.04. The quantitative estimate of drug-likeness (QED) is 0.554. The minimum absolute atomic E-state index is 0.109. The predicted octanol–water partition coefficient (Wildman–Crippen LogP) is 4.23. The third kappa shape index (κ3) is 4.58. The van der Waals surface area contributed by atoms with Crippen molar-refractivity contribution in [3.63, 3.8) is 0 Å². The van der Waals surface area contributed by atoms with E-state index in [1.54, 1.807) is 7.11 Å². The van der Waals surface area contributed by atoms with Gasteiger partial charge in [-0.15, -0.1) is 0 Å². The van der Waals surface area contributed by atoms with E-state index < -0.39 is 5.97 Å². The molecule has 0 spiro atoms. The van der Waals surface area contributed by atoms with E-state index in [2.05, 4.69) is 41.0 Å². The van der Waals surface area contributed by atoms with Crippen molar-refractivity contribution in [1.29, 1.82) is 0 Å². The van der Waals surface area contributed by atoms with Crippen molar-refractivity contribution >= 4 is 22.8 Å². The summed E-state index contributed by atoms with van der Waals surface area (Å²) in [5, 5.41) is 10.0. The molecule has 1 amide bonds. The summed E-state index contributed by atoms with van der Waals surface area (Å²) in [5.41, 5.74) is 4.90. The van der Waals surface area contributed by atoms with Crippen LogP contribution in [0, 0.1) is 0 Å². The summed E-state index contributed by atoms with van der Waals surface area (Å²) in [6.07, 6.45) is 2.52. The topological polar surface area (TPSA) is 71.8 Å². The van der Waals surface area contributed by atoms with Crippen LogP contribution in [-0.2, 0) is 29.1 Å². The normalized spacial score (nSPS) is 13.3. The molecule has 1 aromatic heterocycles. The van der Waals surface area contributed by atoms with Gasteiger partial charge in [0.2, 0.25) is 5.91 Å². The van der Waals surface area contributed by atoms with Gasteiger partial charge >= 0.3 is 5.97 Å². The van der Waals surface area contributed by atoms with Crippen LogP contribution in [0.5, 0.6) is 5.75 Å². The zero-order chi connectivity index (χ0) is 21.8. The lowest BCUT2D eigenvalue weighted by Crippen LogP contribution is -2.36. The van der Waals surface area contributed by atoms with Gasteiger partial charge in [-0.3, -0.25) is 9.59 Å². The standard InChI is InChI=1S/C25H28N2O4/c1-31-19-12-10-18(11-13-19)16-27-22-7-3-2-6-20(22)21-14-15-26(17-23(21)27)24(28)8-4-5-9-25(29)30/h2-3,6-7,10-13H,4-5,8-9,14-17H2,1H3,(H,29,30). The average Bonchev–Trinajstić information content (AvgIpc) is 3.10. The number of hydrogen-bond acceptors (Lipinski definition) is 3. The Morgan fingerprint density at radius 1 is 1.03 bits per heavy atom. The molecule has 0 saturated heterocycles. The Bertz CT molecular complexity index is 1080. The van der Waals surface area contributed by atoms with Crippen LogP contribution in [0.1, 0.15) is 42.5 Å². The van der Waals surface area contributed by atoms with E-state index in [9.17, 15) is 9.59 Å². The maximum Gasteiger partial charge on any atom is 0.303 e. The molecular weight excluding hydrogens is 392 g/mol. The molecule has 0 saturated carbocycles. The molecule has 1 aliphatic heterocycles. The van der Waals surface area contributed by atoms with Gasteiger partial charge in [0, 0.05) is 42.5 Å². The smallest absolute Gasteiger partial charge is 0.303 e. The number of carboxylic acids is 1. The van der Waals surface area contributed by atoms with Crippen molar-refractivity contribution in [3.8, 4) is 5.75 Å². The molecule has 1 aliphatic rings. The fourth-order valence-electron chi connectivity index (χ4n) is 4.41. The van der Waals surface area contributed by atoms with Crippen LogP contribution in [0.4, 0.5) is 0 Å². The number of benzene rings is 2. The predicted molar refractivity (Wildman–Crippen MR) is 119 cm³/mol. The molecule has 6 heteroatoms. The van der Waals surface area contributed by atoms with Crippen LogP contribution in [0.15, 0.2) is 48.5 Å². The first kappa shape index (κ1) is 21.0. The number of nitrogens with zero attached hydrogens (tertiary/aromatic N) is 2. The fraction of sp³-hybridized carbons (Fsp3) is 0.360. The van der Waals surface area contributed by atoms with Gasteiger partial charge < -0.3 is 19.3 Å². The number of unbranched alkanes of at least 4 members (excludes halogenated alkanes) is 1. The number of rotatable bonds is 8. The molecule has 4 rings (SSSR count). The number of carboxylic acid groups (broad SMARTS) is 1. The SMILES string of the molecule is COc1ccc(Cn2c3c(c4ccccc42)CCN(C(=O)CCCCC(=O)O)C3)cc1.